The number of nitrogens with zero attached hydrogens (tertiary/aromatic N) is 1. The molecule has 5 nitrogen and oxygen atoms in total. The van der Waals surface area contributed by atoms with Gasteiger partial charge in [0.25, 0.3) is 0 Å². The van der Waals surface area contributed by atoms with Crippen molar-refractivity contribution in [1.29, 1.82) is 0 Å². The third-order valence-corrected chi connectivity index (χ3v) is 3.22. The Labute approximate surface area is 145 Å². The van der Waals surface area contributed by atoms with Crippen molar-refractivity contribution in [2.24, 2.45) is 5.16 Å². The predicted molar refractivity (Wildman–Crippen MR) is 97.1 cm³/mol. The fourth-order valence-electron chi connectivity index (χ4n) is 2.05. The summed E-state index contributed by atoms with van der Waals surface area (Å²) in [4.78, 5) is 16.5. The van der Waals surface area contributed by atoms with Crippen LogP contribution in [0.2, 0.25) is 0 Å². The smallest absolute Gasteiger partial charge is 0.437 e. The number of carbonyl (C=O) groups excluding carboxylic acids is 1. The Hall–Kier alpha value is -3.60. The minimum Gasteiger partial charge on any atom is -0.457 e. The van der Waals surface area contributed by atoms with Gasteiger partial charge in [0.05, 0.1) is 6.21 Å². The van der Waals surface area contributed by atoms with Gasteiger partial charge in [-0.2, -0.15) is 0 Å². The van der Waals surface area contributed by atoms with Crippen molar-refractivity contribution in [3.63, 3.8) is 0 Å². The van der Waals surface area contributed by atoms with E-state index in [1.807, 2.05) is 60.7 Å². The van der Waals surface area contributed by atoms with Crippen LogP contribution in [0, 0.1) is 0 Å². The lowest BCUT2D eigenvalue weighted by Crippen LogP contribution is -2.10. The molecular weight excluding hydrogens is 316 g/mol. The molecule has 0 aliphatic heterocycles. The molecule has 0 spiro atoms. The van der Waals surface area contributed by atoms with Crippen molar-refractivity contribution < 1.29 is 14.4 Å². The zero-order valence-corrected chi connectivity index (χ0v) is 13.3. The van der Waals surface area contributed by atoms with Crippen molar-refractivity contribution >= 4 is 18.0 Å². The van der Waals surface area contributed by atoms with Crippen LogP contribution in [0.1, 0.15) is 5.56 Å². The molecule has 3 aromatic rings. The summed E-state index contributed by atoms with van der Waals surface area (Å²) in [6.45, 7) is 0. The second kappa shape index (κ2) is 8.31. The summed E-state index contributed by atoms with van der Waals surface area (Å²) >= 11 is 0. The SMILES string of the molecule is O=C(Nc1ccc(Oc2ccccc2)cc1)O/N=C/c1ccccc1. The molecule has 0 heterocycles. The van der Waals surface area contributed by atoms with Gasteiger partial charge in [-0.05, 0) is 42.0 Å². The normalized spacial score (nSPS) is 10.4. The van der Waals surface area contributed by atoms with Crippen LogP contribution in [0.25, 0.3) is 0 Å². The highest BCUT2D eigenvalue weighted by Gasteiger charge is 2.03. The number of amides is 1. The number of rotatable bonds is 5. The number of carbonyl (C=O) groups is 1. The highest BCUT2D eigenvalue weighted by atomic mass is 16.7. The molecule has 3 aromatic carbocycles. The Kier molecular flexibility index (Phi) is 5.40. The Morgan fingerprint density at radius 1 is 0.800 bits per heavy atom. The Balaban J connectivity index is 1.51. The van der Waals surface area contributed by atoms with Crippen LogP contribution in [0.5, 0.6) is 11.5 Å². The van der Waals surface area contributed by atoms with E-state index in [2.05, 4.69) is 10.5 Å². The van der Waals surface area contributed by atoms with Crippen LogP contribution in [0.4, 0.5) is 10.5 Å². The molecule has 0 saturated carbocycles. The molecule has 5 heteroatoms. The van der Waals surface area contributed by atoms with Crippen molar-refractivity contribution in [3.05, 3.63) is 90.5 Å². The summed E-state index contributed by atoms with van der Waals surface area (Å²) in [7, 11) is 0. The van der Waals surface area contributed by atoms with Crippen LogP contribution in [0.15, 0.2) is 90.1 Å². The lowest BCUT2D eigenvalue weighted by Gasteiger charge is -2.07. The second-order valence-electron chi connectivity index (χ2n) is 5.09. The molecule has 1 N–H and O–H groups in total. The van der Waals surface area contributed by atoms with Gasteiger partial charge in [-0.3, -0.25) is 10.2 Å². The molecule has 0 atom stereocenters. The van der Waals surface area contributed by atoms with Crippen molar-refractivity contribution in [3.8, 4) is 11.5 Å². The molecule has 0 fully saturated rings. The molecule has 25 heavy (non-hydrogen) atoms. The quantitative estimate of drug-likeness (QED) is 0.403. The van der Waals surface area contributed by atoms with Crippen LogP contribution < -0.4 is 10.1 Å². The van der Waals surface area contributed by atoms with Gasteiger partial charge in [0.1, 0.15) is 11.5 Å². The number of nitrogens with one attached hydrogen (secondary N) is 1. The first-order chi connectivity index (χ1) is 12.3. The maximum absolute atomic E-state index is 11.7. The van der Waals surface area contributed by atoms with Crippen LogP contribution in [0.3, 0.4) is 0 Å². The molecular formula is C20H16N2O3. The number of hydrogen-bond donors (Lipinski definition) is 1. The number of benzene rings is 3. The average Bonchev–Trinajstić information content (AvgIpc) is 2.65. The van der Waals surface area contributed by atoms with Gasteiger partial charge in [0.15, 0.2) is 0 Å². The predicted octanol–water partition coefficient (Wildman–Crippen LogP) is 5.06. The fourth-order valence-corrected chi connectivity index (χ4v) is 2.05. The first-order valence-corrected chi connectivity index (χ1v) is 7.69. The van der Waals surface area contributed by atoms with Crippen LogP contribution in [-0.4, -0.2) is 12.3 Å². The minimum atomic E-state index is -0.663. The van der Waals surface area contributed by atoms with E-state index in [9.17, 15) is 4.79 Å². The van der Waals surface area contributed by atoms with Gasteiger partial charge in [-0.25, -0.2) is 4.79 Å². The van der Waals surface area contributed by atoms with Crippen LogP contribution in [-0.2, 0) is 4.84 Å². The van der Waals surface area contributed by atoms with Gasteiger partial charge in [-0.1, -0.05) is 53.7 Å². The van der Waals surface area contributed by atoms with E-state index in [4.69, 9.17) is 9.57 Å². The summed E-state index contributed by atoms with van der Waals surface area (Å²) in [5.41, 5.74) is 1.43. The highest BCUT2D eigenvalue weighted by molar-refractivity contribution is 5.85. The number of oxime groups is 1. The van der Waals surface area contributed by atoms with E-state index in [0.29, 0.717) is 11.4 Å². The molecule has 0 bridgehead atoms. The van der Waals surface area contributed by atoms with Gasteiger partial charge >= 0.3 is 6.09 Å². The first kappa shape index (κ1) is 16.3. The molecule has 0 unspecified atom stereocenters. The maximum Gasteiger partial charge on any atom is 0.437 e. The Bertz CT molecular complexity index is 832. The Morgan fingerprint density at radius 2 is 1.40 bits per heavy atom. The molecule has 1 amide bonds. The second-order valence-corrected chi connectivity index (χ2v) is 5.09. The molecule has 0 aromatic heterocycles. The van der Waals surface area contributed by atoms with E-state index in [0.717, 1.165) is 11.3 Å². The number of para-hydroxylation sites is 1. The summed E-state index contributed by atoms with van der Waals surface area (Å²) in [5.74, 6) is 1.42. The monoisotopic (exact) mass is 332 g/mol. The number of hydrogen-bond acceptors (Lipinski definition) is 4. The van der Waals surface area contributed by atoms with E-state index in [1.165, 1.54) is 6.21 Å². The lowest BCUT2D eigenvalue weighted by molar-refractivity contribution is 0.167. The van der Waals surface area contributed by atoms with Crippen molar-refractivity contribution in [2.45, 2.75) is 0 Å². The zero-order chi connectivity index (χ0) is 17.3. The minimum absolute atomic E-state index is 0.584. The van der Waals surface area contributed by atoms with Crippen molar-refractivity contribution in [2.75, 3.05) is 5.32 Å². The third kappa shape index (κ3) is 5.21. The number of anilines is 1. The topological polar surface area (TPSA) is 59.9 Å². The van der Waals surface area contributed by atoms with E-state index in [-0.39, 0.29) is 0 Å². The maximum atomic E-state index is 11.7. The van der Waals surface area contributed by atoms with E-state index in [1.54, 1.807) is 24.3 Å². The molecule has 3 rings (SSSR count). The molecule has 0 saturated heterocycles. The molecule has 0 aliphatic carbocycles. The Morgan fingerprint density at radius 3 is 2.08 bits per heavy atom. The lowest BCUT2D eigenvalue weighted by atomic mass is 10.2. The third-order valence-electron chi connectivity index (χ3n) is 3.22. The molecule has 0 aliphatic rings. The molecule has 124 valence electrons. The first-order valence-electron chi connectivity index (χ1n) is 7.69. The fraction of sp³-hybridized carbons (Fsp3) is 0. The standard InChI is InChI=1S/C20H16N2O3/c23-20(25-21-15-16-7-3-1-4-8-16)22-17-11-13-19(14-12-17)24-18-9-5-2-6-10-18/h1-15H,(H,22,23)/b21-15+. The van der Waals surface area contributed by atoms with Gasteiger partial charge in [0, 0.05) is 5.69 Å². The van der Waals surface area contributed by atoms with E-state index >= 15 is 0 Å². The van der Waals surface area contributed by atoms with E-state index < -0.39 is 6.09 Å². The zero-order valence-electron chi connectivity index (χ0n) is 13.3. The van der Waals surface area contributed by atoms with Gasteiger partial charge < -0.3 is 4.74 Å². The summed E-state index contributed by atoms with van der Waals surface area (Å²) in [5, 5.41) is 6.24. The summed E-state index contributed by atoms with van der Waals surface area (Å²) in [6.07, 6.45) is 0.806. The largest absolute Gasteiger partial charge is 0.457 e. The van der Waals surface area contributed by atoms with Crippen molar-refractivity contribution in [1.82, 2.24) is 0 Å². The number of ether oxygens (including phenoxy) is 1. The highest BCUT2D eigenvalue weighted by Crippen LogP contribution is 2.22. The summed E-state index contributed by atoms with van der Waals surface area (Å²) < 4.78 is 5.68. The van der Waals surface area contributed by atoms with Crippen LogP contribution >= 0.6 is 0 Å². The van der Waals surface area contributed by atoms with Gasteiger partial charge in [0.2, 0.25) is 0 Å². The van der Waals surface area contributed by atoms with Gasteiger partial charge in [-0.15, -0.1) is 0 Å². The average molecular weight is 332 g/mol. The summed E-state index contributed by atoms with van der Waals surface area (Å²) in [6, 6.07) is 25.8. The molecule has 0 radical (unpaired) electrons.